The van der Waals surface area contributed by atoms with Gasteiger partial charge >= 0.3 is 0 Å². The van der Waals surface area contributed by atoms with Crippen molar-refractivity contribution in [2.45, 2.75) is 0 Å². The summed E-state index contributed by atoms with van der Waals surface area (Å²) in [6.07, 6.45) is 2.33. The molecule has 4 rings (SSSR count). The fourth-order valence-corrected chi connectivity index (χ4v) is 2.83. The average molecular weight is 349 g/mol. The number of hydrogen-bond acceptors (Lipinski definition) is 4. The number of anilines is 2. The van der Waals surface area contributed by atoms with Crippen LogP contribution in [0.2, 0.25) is 5.02 Å². The average Bonchev–Trinajstić information content (AvgIpc) is 3.07. The highest BCUT2D eigenvalue weighted by molar-refractivity contribution is 6.30. The lowest BCUT2D eigenvalue weighted by Crippen LogP contribution is -1.94. The number of carbonyl (C=O) groups is 1. The maximum Gasteiger partial charge on any atom is 0.150 e. The van der Waals surface area contributed by atoms with Crippen LogP contribution in [0.4, 0.5) is 11.5 Å². The number of hydrogen-bond donors (Lipinski definition) is 2. The van der Waals surface area contributed by atoms with Crippen LogP contribution in [0.5, 0.6) is 0 Å². The third-order valence-corrected chi connectivity index (χ3v) is 4.11. The van der Waals surface area contributed by atoms with Crippen LogP contribution in [0, 0.1) is 0 Å². The SMILES string of the molecule is O=Cc1ccc(-c2cc3c(Nc4cccc(Cl)c4)ncnc3[nH]2)cc1. The Morgan fingerprint density at radius 2 is 1.88 bits per heavy atom. The number of nitrogens with one attached hydrogen (secondary N) is 2. The number of carbonyl (C=O) groups excluding carboxylic acids is 1. The molecule has 0 aliphatic carbocycles. The van der Waals surface area contributed by atoms with E-state index in [2.05, 4.69) is 20.3 Å². The minimum Gasteiger partial charge on any atom is -0.340 e. The van der Waals surface area contributed by atoms with Gasteiger partial charge in [0.05, 0.1) is 5.39 Å². The van der Waals surface area contributed by atoms with Crippen LogP contribution < -0.4 is 5.32 Å². The molecule has 0 unspecified atom stereocenters. The monoisotopic (exact) mass is 348 g/mol. The Morgan fingerprint density at radius 1 is 1.04 bits per heavy atom. The van der Waals surface area contributed by atoms with Gasteiger partial charge in [0.2, 0.25) is 0 Å². The number of aromatic amines is 1. The van der Waals surface area contributed by atoms with Crippen molar-refractivity contribution < 1.29 is 4.79 Å². The van der Waals surface area contributed by atoms with E-state index >= 15 is 0 Å². The molecule has 0 saturated heterocycles. The van der Waals surface area contributed by atoms with Crippen molar-refractivity contribution >= 4 is 40.4 Å². The van der Waals surface area contributed by atoms with E-state index in [1.807, 2.05) is 42.5 Å². The Hall–Kier alpha value is -3.18. The van der Waals surface area contributed by atoms with Crippen LogP contribution in [0.1, 0.15) is 10.4 Å². The number of benzene rings is 2. The lowest BCUT2D eigenvalue weighted by molar-refractivity contribution is 0.112. The van der Waals surface area contributed by atoms with Gasteiger partial charge in [-0.3, -0.25) is 4.79 Å². The molecule has 4 aromatic rings. The number of halogens is 1. The van der Waals surface area contributed by atoms with Crippen molar-refractivity contribution in [3.8, 4) is 11.3 Å². The maximum atomic E-state index is 10.8. The van der Waals surface area contributed by atoms with Crippen LogP contribution in [0.15, 0.2) is 60.9 Å². The predicted molar refractivity (Wildman–Crippen MR) is 99.4 cm³/mol. The van der Waals surface area contributed by atoms with Crippen molar-refractivity contribution in [2.24, 2.45) is 0 Å². The zero-order valence-corrected chi connectivity index (χ0v) is 13.8. The van der Waals surface area contributed by atoms with E-state index in [9.17, 15) is 4.79 Å². The highest BCUT2D eigenvalue weighted by atomic mass is 35.5. The lowest BCUT2D eigenvalue weighted by Gasteiger charge is -2.06. The number of nitrogens with zero attached hydrogens (tertiary/aromatic N) is 2. The first-order chi connectivity index (χ1) is 12.2. The fraction of sp³-hybridized carbons (Fsp3) is 0. The van der Waals surface area contributed by atoms with E-state index in [-0.39, 0.29) is 0 Å². The Kier molecular flexibility index (Phi) is 3.91. The summed E-state index contributed by atoms with van der Waals surface area (Å²) in [6.45, 7) is 0. The van der Waals surface area contributed by atoms with Gasteiger partial charge in [-0.25, -0.2) is 9.97 Å². The minimum atomic E-state index is 0.642. The standard InChI is InChI=1S/C19H13ClN4O/c20-14-2-1-3-15(8-14)23-18-16-9-17(24-19(16)22-11-21-18)13-6-4-12(10-25)5-7-13/h1-11H,(H2,21,22,23,24). The molecule has 5 nitrogen and oxygen atoms in total. The molecular formula is C19H13ClN4O. The maximum absolute atomic E-state index is 10.8. The van der Waals surface area contributed by atoms with E-state index in [0.29, 0.717) is 16.4 Å². The van der Waals surface area contributed by atoms with Gasteiger partial charge in [-0.1, -0.05) is 41.9 Å². The normalized spacial score (nSPS) is 10.8. The molecule has 0 saturated carbocycles. The largest absolute Gasteiger partial charge is 0.340 e. The van der Waals surface area contributed by atoms with Crippen LogP contribution in [-0.2, 0) is 0 Å². The molecule has 2 aromatic carbocycles. The van der Waals surface area contributed by atoms with Crippen LogP contribution in [-0.4, -0.2) is 21.2 Å². The quantitative estimate of drug-likeness (QED) is 0.518. The fourth-order valence-electron chi connectivity index (χ4n) is 2.64. The van der Waals surface area contributed by atoms with Crippen molar-refractivity contribution in [3.63, 3.8) is 0 Å². The number of rotatable bonds is 4. The molecule has 6 heteroatoms. The highest BCUT2D eigenvalue weighted by Crippen LogP contribution is 2.29. The number of aromatic nitrogens is 3. The van der Waals surface area contributed by atoms with E-state index < -0.39 is 0 Å². The van der Waals surface area contributed by atoms with Gasteiger partial charge in [0, 0.05) is 22.0 Å². The molecule has 0 aliphatic rings. The molecule has 0 aliphatic heterocycles. The zero-order valence-electron chi connectivity index (χ0n) is 13.0. The van der Waals surface area contributed by atoms with Crippen LogP contribution in [0.25, 0.3) is 22.3 Å². The summed E-state index contributed by atoms with van der Waals surface area (Å²) in [6, 6.07) is 16.8. The summed E-state index contributed by atoms with van der Waals surface area (Å²) < 4.78 is 0. The van der Waals surface area contributed by atoms with Crippen molar-refractivity contribution in [1.29, 1.82) is 0 Å². The van der Waals surface area contributed by atoms with E-state index in [4.69, 9.17) is 11.6 Å². The molecule has 0 radical (unpaired) electrons. The molecule has 0 amide bonds. The van der Waals surface area contributed by atoms with Gasteiger partial charge in [0.15, 0.2) is 0 Å². The number of H-pyrrole nitrogens is 1. The smallest absolute Gasteiger partial charge is 0.150 e. The van der Waals surface area contributed by atoms with Crippen LogP contribution >= 0.6 is 11.6 Å². The first-order valence-electron chi connectivity index (χ1n) is 7.65. The molecule has 2 aromatic heterocycles. The van der Waals surface area contributed by atoms with Gasteiger partial charge in [0.25, 0.3) is 0 Å². The van der Waals surface area contributed by atoms with Crippen molar-refractivity contribution in [2.75, 3.05) is 5.32 Å². The molecule has 2 heterocycles. The van der Waals surface area contributed by atoms with Gasteiger partial charge in [-0.15, -0.1) is 0 Å². The van der Waals surface area contributed by atoms with Gasteiger partial charge in [-0.05, 0) is 29.8 Å². The van der Waals surface area contributed by atoms with Crippen molar-refractivity contribution in [1.82, 2.24) is 15.0 Å². The summed E-state index contributed by atoms with van der Waals surface area (Å²) in [5.41, 5.74) is 4.10. The summed E-state index contributed by atoms with van der Waals surface area (Å²) in [5.74, 6) is 0.694. The topological polar surface area (TPSA) is 70.7 Å². The Bertz CT molecular complexity index is 1060. The van der Waals surface area contributed by atoms with Crippen molar-refractivity contribution in [3.05, 3.63) is 71.5 Å². The molecular weight excluding hydrogens is 336 g/mol. The number of fused-ring (bicyclic) bond motifs is 1. The Balaban J connectivity index is 1.74. The second kappa shape index (κ2) is 6.37. The summed E-state index contributed by atoms with van der Waals surface area (Å²) in [7, 11) is 0. The summed E-state index contributed by atoms with van der Waals surface area (Å²) in [5, 5.41) is 4.79. The second-order valence-electron chi connectivity index (χ2n) is 5.54. The summed E-state index contributed by atoms with van der Waals surface area (Å²) in [4.78, 5) is 22.7. The third kappa shape index (κ3) is 3.09. The molecule has 0 atom stereocenters. The number of aldehydes is 1. The van der Waals surface area contributed by atoms with Crippen LogP contribution in [0.3, 0.4) is 0 Å². The third-order valence-electron chi connectivity index (χ3n) is 3.87. The Labute approximate surface area is 148 Å². The first kappa shape index (κ1) is 15.4. The van der Waals surface area contributed by atoms with E-state index in [1.54, 1.807) is 12.1 Å². The van der Waals surface area contributed by atoms with Gasteiger partial charge < -0.3 is 10.3 Å². The molecule has 2 N–H and O–H groups in total. The first-order valence-corrected chi connectivity index (χ1v) is 8.03. The molecule has 0 fully saturated rings. The molecule has 122 valence electrons. The summed E-state index contributed by atoms with van der Waals surface area (Å²) >= 11 is 6.03. The Morgan fingerprint density at radius 3 is 2.64 bits per heavy atom. The van der Waals surface area contributed by atoms with E-state index in [0.717, 1.165) is 34.3 Å². The van der Waals surface area contributed by atoms with E-state index in [1.165, 1.54) is 6.33 Å². The highest BCUT2D eigenvalue weighted by Gasteiger charge is 2.10. The van der Waals surface area contributed by atoms with Gasteiger partial charge in [0.1, 0.15) is 24.1 Å². The lowest BCUT2D eigenvalue weighted by atomic mass is 10.1. The molecule has 25 heavy (non-hydrogen) atoms. The molecule has 0 spiro atoms. The molecule has 0 bridgehead atoms. The second-order valence-corrected chi connectivity index (χ2v) is 5.98. The zero-order chi connectivity index (χ0) is 17.2. The van der Waals surface area contributed by atoms with Gasteiger partial charge in [-0.2, -0.15) is 0 Å². The minimum absolute atomic E-state index is 0.642. The predicted octanol–water partition coefficient (Wildman–Crippen LogP) is 4.83.